The van der Waals surface area contributed by atoms with Crippen molar-refractivity contribution in [2.75, 3.05) is 0 Å². The van der Waals surface area contributed by atoms with Crippen molar-refractivity contribution in [3.05, 3.63) is 42.5 Å². The summed E-state index contributed by atoms with van der Waals surface area (Å²) in [6.45, 7) is 2.12. The summed E-state index contributed by atoms with van der Waals surface area (Å²) in [5.74, 6) is 0.494. The van der Waals surface area contributed by atoms with Crippen molar-refractivity contribution in [2.24, 2.45) is 0 Å². The van der Waals surface area contributed by atoms with Crippen LogP contribution in [0.3, 0.4) is 0 Å². The van der Waals surface area contributed by atoms with E-state index in [-0.39, 0.29) is 5.97 Å². The van der Waals surface area contributed by atoms with E-state index >= 15 is 0 Å². The third-order valence-corrected chi connectivity index (χ3v) is 2.94. The molecule has 0 bridgehead atoms. The maximum atomic E-state index is 11.6. The average molecular weight is 242 g/mol. The van der Waals surface area contributed by atoms with E-state index in [1.54, 1.807) is 0 Å². The first-order chi connectivity index (χ1) is 8.79. The van der Waals surface area contributed by atoms with Crippen molar-refractivity contribution in [1.82, 2.24) is 0 Å². The highest BCUT2D eigenvalue weighted by Gasteiger charge is 2.04. The van der Waals surface area contributed by atoms with Crippen LogP contribution in [0.15, 0.2) is 42.5 Å². The van der Waals surface area contributed by atoms with Gasteiger partial charge in [-0.15, -0.1) is 0 Å². The van der Waals surface area contributed by atoms with E-state index in [4.69, 9.17) is 4.74 Å². The summed E-state index contributed by atoms with van der Waals surface area (Å²) in [6.07, 6.45) is 3.60. The van der Waals surface area contributed by atoms with Crippen LogP contribution in [-0.2, 0) is 4.79 Å². The predicted octanol–water partition coefficient (Wildman–Crippen LogP) is 4.33. The molecule has 2 nitrogen and oxygen atoms in total. The van der Waals surface area contributed by atoms with Gasteiger partial charge in [0.1, 0.15) is 5.75 Å². The van der Waals surface area contributed by atoms with Crippen LogP contribution in [0.1, 0.15) is 32.6 Å². The monoisotopic (exact) mass is 242 g/mol. The molecule has 0 aromatic heterocycles. The molecule has 2 aromatic carbocycles. The molecule has 0 saturated heterocycles. The first kappa shape index (κ1) is 12.6. The fourth-order valence-electron chi connectivity index (χ4n) is 1.93. The summed E-state index contributed by atoms with van der Waals surface area (Å²) in [4.78, 5) is 11.6. The maximum Gasteiger partial charge on any atom is 0.311 e. The topological polar surface area (TPSA) is 26.3 Å². The lowest BCUT2D eigenvalue weighted by Gasteiger charge is -2.05. The number of esters is 1. The maximum absolute atomic E-state index is 11.6. The Bertz CT molecular complexity index is 531. The second-order valence-corrected chi connectivity index (χ2v) is 4.44. The second kappa shape index (κ2) is 6.20. The van der Waals surface area contributed by atoms with E-state index in [1.807, 2.05) is 42.5 Å². The number of carbonyl (C=O) groups excluding carboxylic acids is 1. The van der Waals surface area contributed by atoms with E-state index < -0.39 is 0 Å². The molecule has 18 heavy (non-hydrogen) atoms. The summed E-state index contributed by atoms with van der Waals surface area (Å²) in [6, 6.07) is 13.8. The largest absolute Gasteiger partial charge is 0.427 e. The van der Waals surface area contributed by atoms with Crippen LogP contribution in [0.25, 0.3) is 10.8 Å². The first-order valence-corrected chi connectivity index (χ1v) is 6.49. The quantitative estimate of drug-likeness (QED) is 0.443. The number of benzene rings is 2. The van der Waals surface area contributed by atoms with E-state index in [9.17, 15) is 4.79 Å². The molecule has 0 atom stereocenters. The highest BCUT2D eigenvalue weighted by atomic mass is 16.5. The van der Waals surface area contributed by atoms with Crippen molar-refractivity contribution in [3.63, 3.8) is 0 Å². The third-order valence-electron chi connectivity index (χ3n) is 2.94. The molecule has 2 aromatic rings. The molecule has 0 aliphatic rings. The lowest BCUT2D eigenvalue weighted by Crippen LogP contribution is -2.07. The van der Waals surface area contributed by atoms with Gasteiger partial charge in [0.15, 0.2) is 0 Å². The van der Waals surface area contributed by atoms with Gasteiger partial charge in [-0.05, 0) is 29.3 Å². The minimum Gasteiger partial charge on any atom is -0.427 e. The zero-order valence-corrected chi connectivity index (χ0v) is 10.7. The van der Waals surface area contributed by atoms with Gasteiger partial charge >= 0.3 is 5.97 Å². The van der Waals surface area contributed by atoms with Crippen LogP contribution >= 0.6 is 0 Å². The standard InChI is InChI=1S/C16H18O2/c1-2-3-4-9-16(17)18-15-11-10-13-7-5-6-8-14(13)12-15/h5-8,10-12H,2-4,9H2,1H3. The molecule has 0 saturated carbocycles. The summed E-state index contributed by atoms with van der Waals surface area (Å²) < 4.78 is 5.33. The molecule has 0 amide bonds. The summed E-state index contributed by atoms with van der Waals surface area (Å²) in [7, 11) is 0. The SMILES string of the molecule is CCCCCC(=O)Oc1ccc2ccccc2c1. The van der Waals surface area contributed by atoms with Crippen LogP contribution in [0, 0.1) is 0 Å². The number of rotatable bonds is 5. The fraction of sp³-hybridized carbons (Fsp3) is 0.312. The lowest BCUT2D eigenvalue weighted by molar-refractivity contribution is -0.134. The second-order valence-electron chi connectivity index (χ2n) is 4.44. The minimum atomic E-state index is -0.140. The average Bonchev–Trinajstić information content (AvgIpc) is 2.39. The molecule has 0 N–H and O–H groups in total. The Morgan fingerprint density at radius 3 is 2.61 bits per heavy atom. The Morgan fingerprint density at radius 1 is 1.06 bits per heavy atom. The zero-order valence-electron chi connectivity index (χ0n) is 10.7. The first-order valence-electron chi connectivity index (χ1n) is 6.49. The smallest absolute Gasteiger partial charge is 0.311 e. The molecular weight excluding hydrogens is 224 g/mol. The lowest BCUT2D eigenvalue weighted by atomic mass is 10.1. The van der Waals surface area contributed by atoms with Crippen molar-refractivity contribution in [2.45, 2.75) is 32.6 Å². The van der Waals surface area contributed by atoms with E-state index in [0.29, 0.717) is 12.2 Å². The minimum absolute atomic E-state index is 0.140. The van der Waals surface area contributed by atoms with Gasteiger partial charge in [-0.1, -0.05) is 50.1 Å². The van der Waals surface area contributed by atoms with Crippen molar-refractivity contribution in [1.29, 1.82) is 0 Å². The summed E-state index contributed by atoms with van der Waals surface area (Å²) in [5.41, 5.74) is 0. The summed E-state index contributed by atoms with van der Waals surface area (Å²) >= 11 is 0. The summed E-state index contributed by atoms with van der Waals surface area (Å²) in [5, 5.41) is 2.25. The molecule has 0 heterocycles. The number of carbonyl (C=O) groups is 1. The van der Waals surface area contributed by atoms with Gasteiger partial charge < -0.3 is 4.74 Å². The van der Waals surface area contributed by atoms with Gasteiger partial charge in [-0.3, -0.25) is 4.79 Å². The number of fused-ring (bicyclic) bond motifs is 1. The van der Waals surface area contributed by atoms with Crippen LogP contribution in [0.4, 0.5) is 0 Å². The Morgan fingerprint density at radius 2 is 1.83 bits per heavy atom. The number of unbranched alkanes of at least 4 members (excludes halogenated alkanes) is 2. The van der Waals surface area contributed by atoms with Gasteiger partial charge in [0.25, 0.3) is 0 Å². The van der Waals surface area contributed by atoms with Crippen molar-refractivity contribution in [3.8, 4) is 5.75 Å². The highest BCUT2D eigenvalue weighted by molar-refractivity contribution is 5.84. The van der Waals surface area contributed by atoms with E-state index in [1.165, 1.54) is 0 Å². The van der Waals surface area contributed by atoms with Gasteiger partial charge in [-0.25, -0.2) is 0 Å². The Balaban J connectivity index is 2.01. The van der Waals surface area contributed by atoms with Gasteiger partial charge in [0, 0.05) is 6.42 Å². The molecule has 0 spiro atoms. The van der Waals surface area contributed by atoms with Crippen molar-refractivity contribution < 1.29 is 9.53 Å². The normalized spacial score (nSPS) is 10.5. The van der Waals surface area contributed by atoms with Gasteiger partial charge in [-0.2, -0.15) is 0 Å². The van der Waals surface area contributed by atoms with Gasteiger partial charge in [0.05, 0.1) is 0 Å². The molecule has 0 radical (unpaired) electrons. The van der Waals surface area contributed by atoms with Crippen LogP contribution in [-0.4, -0.2) is 5.97 Å². The highest BCUT2D eigenvalue weighted by Crippen LogP contribution is 2.21. The van der Waals surface area contributed by atoms with Gasteiger partial charge in [0.2, 0.25) is 0 Å². The Kier molecular flexibility index (Phi) is 4.35. The molecule has 2 heteroatoms. The Hall–Kier alpha value is -1.83. The third kappa shape index (κ3) is 3.33. The van der Waals surface area contributed by atoms with E-state index in [2.05, 4.69) is 6.92 Å². The molecule has 94 valence electrons. The van der Waals surface area contributed by atoms with Crippen LogP contribution in [0.2, 0.25) is 0 Å². The fourth-order valence-corrected chi connectivity index (χ4v) is 1.93. The van der Waals surface area contributed by atoms with E-state index in [0.717, 1.165) is 30.0 Å². The number of ether oxygens (including phenoxy) is 1. The van der Waals surface area contributed by atoms with Crippen LogP contribution in [0.5, 0.6) is 5.75 Å². The zero-order chi connectivity index (χ0) is 12.8. The van der Waals surface area contributed by atoms with Crippen molar-refractivity contribution >= 4 is 16.7 Å². The Labute approximate surface area is 108 Å². The molecular formula is C16H18O2. The van der Waals surface area contributed by atoms with Crippen LogP contribution < -0.4 is 4.74 Å². The molecule has 0 aliphatic heterocycles. The molecule has 0 aliphatic carbocycles. The molecule has 2 rings (SSSR count). The molecule has 0 unspecified atom stereocenters. The predicted molar refractivity (Wildman–Crippen MR) is 73.7 cm³/mol. The number of hydrogen-bond acceptors (Lipinski definition) is 2. The molecule has 0 fully saturated rings. The number of hydrogen-bond donors (Lipinski definition) is 0.